The molecule has 0 aliphatic heterocycles. The zero-order valence-electron chi connectivity index (χ0n) is 11.6. The third kappa shape index (κ3) is 2.99. The lowest BCUT2D eigenvalue weighted by atomic mass is 10.0. The summed E-state index contributed by atoms with van der Waals surface area (Å²) < 4.78 is 11.1. The lowest BCUT2D eigenvalue weighted by molar-refractivity contribution is 0.283. The molecule has 0 unspecified atom stereocenters. The molecule has 100 valence electrons. The molecule has 3 heteroatoms. The molecule has 0 spiro atoms. The van der Waals surface area contributed by atoms with Crippen molar-refractivity contribution in [3.8, 4) is 11.5 Å². The summed E-state index contributed by atoms with van der Waals surface area (Å²) in [6, 6.07) is 11.6. The Morgan fingerprint density at radius 2 is 1.68 bits per heavy atom. The molecule has 2 aromatic rings. The highest BCUT2D eigenvalue weighted by atomic mass is 16.5. The lowest BCUT2D eigenvalue weighted by Gasteiger charge is -2.14. The van der Waals surface area contributed by atoms with Gasteiger partial charge in [0, 0.05) is 11.8 Å². The zero-order chi connectivity index (χ0) is 13.8. The van der Waals surface area contributed by atoms with Crippen molar-refractivity contribution in [2.75, 3.05) is 12.8 Å². The first-order valence-electron chi connectivity index (χ1n) is 6.23. The molecule has 0 aliphatic rings. The molecule has 0 saturated heterocycles. The first-order valence-corrected chi connectivity index (χ1v) is 6.23. The Morgan fingerprint density at radius 3 is 2.32 bits per heavy atom. The van der Waals surface area contributed by atoms with E-state index in [2.05, 4.69) is 32.0 Å². The minimum absolute atomic E-state index is 0.512. The minimum atomic E-state index is 0.512. The van der Waals surface area contributed by atoms with Gasteiger partial charge in [0.1, 0.15) is 6.61 Å². The Bertz CT molecular complexity index is 559. The van der Waals surface area contributed by atoms with Crippen LogP contribution in [0.1, 0.15) is 16.7 Å². The summed E-state index contributed by atoms with van der Waals surface area (Å²) in [5.74, 6) is 1.37. The van der Waals surface area contributed by atoms with Crippen LogP contribution in [0, 0.1) is 13.8 Å². The summed E-state index contributed by atoms with van der Waals surface area (Å²) >= 11 is 0. The van der Waals surface area contributed by atoms with Gasteiger partial charge >= 0.3 is 0 Å². The van der Waals surface area contributed by atoms with Gasteiger partial charge in [0.15, 0.2) is 11.5 Å². The Hall–Kier alpha value is -2.16. The van der Waals surface area contributed by atoms with Gasteiger partial charge in [-0.15, -0.1) is 0 Å². The van der Waals surface area contributed by atoms with Crippen LogP contribution in [0.3, 0.4) is 0 Å². The molecular weight excluding hydrogens is 238 g/mol. The van der Waals surface area contributed by atoms with Gasteiger partial charge < -0.3 is 15.2 Å². The van der Waals surface area contributed by atoms with E-state index >= 15 is 0 Å². The molecule has 0 atom stereocenters. The summed E-state index contributed by atoms with van der Waals surface area (Å²) in [7, 11) is 1.62. The zero-order valence-corrected chi connectivity index (χ0v) is 11.6. The SMILES string of the molecule is COc1ccc(N)cc1OCc1c(C)cccc1C. The summed E-state index contributed by atoms with van der Waals surface area (Å²) in [6.45, 7) is 4.68. The highest BCUT2D eigenvalue weighted by molar-refractivity contribution is 5.52. The minimum Gasteiger partial charge on any atom is -0.493 e. The van der Waals surface area contributed by atoms with Gasteiger partial charge in [0.2, 0.25) is 0 Å². The number of hydrogen-bond acceptors (Lipinski definition) is 3. The predicted octanol–water partition coefficient (Wildman–Crippen LogP) is 3.47. The molecule has 19 heavy (non-hydrogen) atoms. The van der Waals surface area contributed by atoms with Crippen LogP contribution >= 0.6 is 0 Å². The molecule has 0 bridgehead atoms. The van der Waals surface area contributed by atoms with Gasteiger partial charge in [-0.1, -0.05) is 18.2 Å². The standard InChI is InChI=1S/C16H19NO2/c1-11-5-4-6-12(2)14(11)10-19-16-9-13(17)7-8-15(16)18-3/h4-9H,10,17H2,1-3H3. The van der Waals surface area contributed by atoms with Gasteiger partial charge in [-0.2, -0.15) is 0 Å². The summed E-state index contributed by atoms with van der Waals surface area (Å²) in [5, 5.41) is 0. The number of nitrogen functional groups attached to an aromatic ring is 1. The average molecular weight is 257 g/mol. The van der Waals surface area contributed by atoms with E-state index in [0.717, 1.165) is 0 Å². The molecule has 0 saturated carbocycles. The van der Waals surface area contributed by atoms with E-state index in [0.29, 0.717) is 23.8 Å². The Labute approximate surface area is 114 Å². The number of benzene rings is 2. The summed E-state index contributed by atoms with van der Waals surface area (Å²) in [4.78, 5) is 0. The number of methoxy groups -OCH3 is 1. The molecule has 0 amide bonds. The smallest absolute Gasteiger partial charge is 0.163 e. The number of anilines is 1. The normalized spacial score (nSPS) is 10.3. The van der Waals surface area contributed by atoms with Crippen molar-refractivity contribution in [1.82, 2.24) is 0 Å². The Balaban J connectivity index is 2.21. The first kappa shape index (κ1) is 13.3. The second-order valence-corrected chi connectivity index (χ2v) is 4.57. The number of ether oxygens (including phenoxy) is 2. The maximum Gasteiger partial charge on any atom is 0.163 e. The van der Waals surface area contributed by atoms with Crippen LogP contribution < -0.4 is 15.2 Å². The second-order valence-electron chi connectivity index (χ2n) is 4.57. The maximum atomic E-state index is 5.85. The van der Waals surface area contributed by atoms with E-state index in [1.54, 1.807) is 19.2 Å². The molecule has 2 aromatic carbocycles. The highest BCUT2D eigenvalue weighted by Crippen LogP contribution is 2.30. The van der Waals surface area contributed by atoms with Gasteiger partial charge in [-0.3, -0.25) is 0 Å². The topological polar surface area (TPSA) is 44.5 Å². The van der Waals surface area contributed by atoms with Crippen molar-refractivity contribution in [3.63, 3.8) is 0 Å². The van der Waals surface area contributed by atoms with Crippen LogP contribution in [0.2, 0.25) is 0 Å². The quantitative estimate of drug-likeness (QED) is 0.853. The number of rotatable bonds is 4. The summed E-state index contributed by atoms with van der Waals surface area (Å²) in [6.07, 6.45) is 0. The Kier molecular flexibility index (Phi) is 3.95. The van der Waals surface area contributed by atoms with E-state index in [1.807, 2.05) is 6.07 Å². The maximum absolute atomic E-state index is 5.85. The van der Waals surface area contributed by atoms with Crippen LogP contribution in [0.15, 0.2) is 36.4 Å². The van der Waals surface area contributed by atoms with Gasteiger partial charge in [-0.25, -0.2) is 0 Å². The third-order valence-electron chi connectivity index (χ3n) is 3.20. The molecule has 2 N–H and O–H groups in total. The molecule has 0 heterocycles. The second kappa shape index (κ2) is 5.65. The first-order chi connectivity index (χ1) is 9.11. The number of aryl methyl sites for hydroxylation is 2. The molecule has 2 rings (SSSR count). The van der Waals surface area contributed by atoms with E-state index in [9.17, 15) is 0 Å². The molecule has 0 aromatic heterocycles. The molecular formula is C16H19NO2. The Morgan fingerprint density at radius 1 is 1.00 bits per heavy atom. The molecule has 0 radical (unpaired) electrons. The monoisotopic (exact) mass is 257 g/mol. The van der Waals surface area contributed by atoms with E-state index in [4.69, 9.17) is 15.2 Å². The van der Waals surface area contributed by atoms with Gasteiger partial charge in [0.25, 0.3) is 0 Å². The van der Waals surface area contributed by atoms with Crippen molar-refractivity contribution in [2.45, 2.75) is 20.5 Å². The van der Waals surface area contributed by atoms with Crippen molar-refractivity contribution < 1.29 is 9.47 Å². The van der Waals surface area contributed by atoms with E-state index in [1.165, 1.54) is 16.7 Å². The fraction of sp³-hybridized carbons (Fsp3) is 0.250. The fourth-order valence-corrected chi connectivity index (χ4v) is 2.03. The van der Waals surface area contributed by atoms with Crippen LogP contribution in [-0.2, 0) is 6.61 Å². The highest BCUT2D eigenvalue weighted by Gasteiger charge is 2.07. The molecule has 0 aliphatic carbocycles. The van der Waals surface area contributed by atoms with E-state index < -0.39 is 0 Å². The number of nitrogens with two attached hydrogens (primary N) is 1. The predicted molar refractivity (Wildman–Crippen MR) is 77.7 cm³/mol. The van der Waals surface area contributed by atoms with Crippen LogP contribution in [-0.4, -0.2) is 7.11 Å². The van der Waals surface area contributed by atoms with Crippen LogP contribution in [0.5, 0.6) is 11.5 Å². The lowest BCUT2D eigenvalue weighted by Crippen LogP contribution is -2.02. The number of hydrogen-bond donors (Lipinski definition) is 1. The molecule has 0 fully saturated rings. The third-order valence-corrected chi connectivity index (χ3v) is 3.20. The largest absolute Gasteiger partial charge is 0.493 e. The van der Waals surface area contributed by atoms with Crippen LogP contribution in [0.4, 0.5) is 5.69 Å². The molecule has 3 nitrogen and oxygen atoms in total. The van der Waals surface area contributed by atoms with Crippen molar-refractivity contribution in [3.05, 3.63) is 53.1 Å². The van der Waals surface area contributed by atoms with E-state index in [-0.39, 0.29) is 0 Å². The van der Waals surface area contributed by atoms with Crippen molar-refractivity contribution in [1.29, 1.82) is 0 Å². The van der Waals surface area contributed by atoms with Crippen LogP contribution in [0.25, 0.3) is 0 Å². The summed E-state index contributed by atoms with van der Waals surface area (Å²) in [5.41, 5.74) is 10.1. The average Bonchev–Trinajstić information content (AvgIpc) is 2.38. The fourth-order valence-electron chi connectivity index (χ4n) is 2.03. The van der Waals surface area contributed by atoms with Crippen molar-refractivity contribution in [2.24, 2.45) is 0 Å². The van der Waals surface area contributed by atoms with Gasteiger partial charge in [-0.05, 0) is 42.7 Å². The van der Waals surface area contributed by atoms with Gasteiger partial charge in [0.05, 0.1) is 7.11 Å². The van der Waals surface area contributed by atoms with Crippen molar-refractivity contribution >= 4 is 5.69 Å².